The zero-order valence-electron chi connectivity index (χ0n) is 83.9. The van der Waals surface area contributed by atoms with Gasteiger partial charge in [-0.1, -0.05) is 165 Å². The number of carboxylic acid groups (broad SMARTS) is 2. The van der Waals surface area contributed by atoms with Crippen molar-refractivity contribution >= 4 is 52.2 Å². The Morgan fingerprint density at radius 2 is 0.624 bits per heavy atom. The molecule has 10 atom stereocenters. The van der Waals surface area contributed by atoms with E-state index in [2.05, 4.69) is 98.7 Å². The van der Waals surface area contributed by atoms with Crippen molar-refractivity contribution < 1.29 is 85.9 Å². The lowest BCUT2D eigenvalue weighted by Gasteiger charge is -2.38. The Labute approximate surface area is 834 Å². The first-order valence-corrected chi connectivity index (χ1v) is 50.7. The number of carbonyl (C=O) groups excluding carboxylic acids is 2. The third-order valence-electron chi connectivity index (χ3n) is 34.2. The minimum atomic E-state index is -0.764. The van der Waals surface area contributed by atoms with Crippen molar-refractivity contribution in [1.82, 2.24) is 0 Å². The molecule has 4 N–H and O–H groups in total. The fourth-order valence-electron chi connectivity index (χ4n) is 23.8. The van der Waals surface area contributed by atoms with Gasteiger partial charge in [0, 0.05) is 22.6 Å². The number of carboxylic acids is 2. The molecule has 0 aromatic heterocycles. The van der Waals surface area contributed by atoms with Gasteiger partial charge in [-0.2, -0.15) is 0 Å². The minimum absolute atomic E-state index is 0.00245. The van der Waals surface area contributed by atoms with Crippen LogP contribution in [0, 0.1) is 91.4 Å². The van der Waals surface area contributed by atoms with E-state index >= 15 is 8.78 Å². The Bertz CT molecular complexity index is 6080. The summed E-state index contributed by atoms with van der Waals surface area (Å²) >= 11 is 6.14. The molecule has 7 fully saturated rings. The first kappa shape index (κ1) is 102. The van der Waals surface area contributed by atoms with Crippen LogP contribution in [0.5, 0.6) is 40.2 Å². The average molecular weight is 1930 g/mol. The molecule has 20 rings (SSSR count). The number of aromatic hydroxyl groups is 2. The van der Waals surface area contributed by atoms with Gasteiger partial charge in [-0.15, -0.1) is 11.6 Å². The highest BCUT2D eigenvalue weighted by atomic mass is 35.5. The normalized spacial score (nSPS) is 22.2. The highest BCUT2D eigenvalue weighted by molar-refractivity contribution is 6.17. The number of aliphatic carboxylic acids is 2. The molecule has 0 spiro atoms. The van der Waals surface area contributed by atoms with Crippen molar-refractivity contribution in [2.75, 3.05) is 35.5 Å². The number of esters is 2. The number of phenols is 2. The molecule has 742 valence electrons. The number of carbonyl (C=O) groups is 4. The molecule has 6 bridgehead atoms. The molecule has 0 radical (unpaired) electrons. The number of hydrogen-bond donors (Lipinski definition) is 4. The van der Waals surface area contributed by atoms with Gasteiger partial charge in [0.2, 0.25) is 0 Å². The van der Waals surface area contributed by atoms with Crippen molar-refractivity contribution in [3.8, 4) is 73.6 Å². The number of allylic oxidation sites excluding steroid dienone is 6. The molecule has 15 nitrogen and oxygen atoms in total. The van der Waals surface area contributed by atoms with E-state index in [0.717, 1.165) is 148 Å². The molecule has 0 unspecified atom stereocenters. The van der Waals surface area contributed by atoms with Crippen LogP contribution in [-0.4, -0.2) is 79.9 Å². The zero-order valence-corrected chi connectivity index (χ0v) is 84.6. The number of alkyl halides is 1. The van der Waals surface area contributed by atoms with Gasteiger partial charge >= 0.3 is 23.9 Å². The maximum Gasteiger partial charge on any atom is 0.306 e. The summed E-state index contributed by atoms with van der Waals surface area (Å²) < 4.78 is 83.5. The van der Waals surface area contributed by atoms with E-state index in [1.165, 1.54) is 74.8 Å². The van der Waals surface area contributed by atoms with Crippen molar-refractivity contribution in [1.29, 1.82) is 0 Å². The lowest BCUT2D eigenvalue weighted by atomic mass is 9.65. The van der Waals surface area contributed by atoms with Crippen LogP contribution in [0.2, 0.25) is 0 Å². The lowest BCUT2D eigenvalue weighted by molar-refractivity contribution is -0.142. The summed E-state index contributed by atoms with van der Waals surface area (Å²) in [6, 6.07) is 63.4. The molecule has 0 saturated heterocycles. The number of halogens is 4. The Kier molecular flexibility index (Phi) is 30.5. The van der Waals surface area contributed by atoms with Crippen molar-refractivity contribution in [3.05, 3.63) is 298 Å². The zero-order chi connectivity index (χ0) is 100. The van der Waals surface area contributed by atoms with Gasteiger partial charge < -0.3 is 53.6 Å². The Hall–Kier alpha value is -12.0. The van der Waals surface area contributed by atoms with E-state index in [1.54, 1.807) is 82.0 Å². The second kappa shape index (κ2) is 42.3. The summed E-state index contributed by atoms with van der Waals surface area (Å²) in [5.41, 5.74) is 19.2. The first-order chi connectivity index (χ1) is 67.4. The standard InChI is InChI=1S/2C36H39FO4.C24H26ClFO.2C13H16O3/c2*1-35(2)25-14-15-36(35,3)32(18-25)30-16-22(8-12-28(30)31-19-26(40-4)11-13-33(31)37)21-41-27-7-5-6-24(17-27)29(20-34(38)39)23-9-10-23;1-23(2)16-9-10-24(23,3)21(12-16)19-11-15(14-25)5-7-18(19)20-13-17(27-4)6-8-22(20)26;2*1-16-13(15)8-12(9-5-6-9)10-3-2-4-11(14)7-10/h2*5-8,11-13,16-19,23,25,29H,9-10,14-15,20-21H2,1-4H3,(H,38,39);5-8,11-13,16H,9-10,14H2,1-4H3;2*2-4,7,9,12,14H,5-6,8H2,1H3/t25-,29+,36+;25-,29-,36+;16-,24+;2*12-/m11110/s1. The van der Waals surface area contributed by atoms with Gasteiger partial charge in [0.25, 0.3) is 0 Å². The molecule has 19 heteroatoms. The molecular formula is C122H136ClF3O15. The number of rotatable bonds is 32. The van der Waals surface area contributed by atoms with Crippen LogP contribution in [0.4, 0.5) is 13.2 Å². The maximum atomic E-state index is 15.3. The fourth-order valence-corrected chi connectivity index (χ4v) is 24.0. The predicted molar refractivity (Wildman–Crippen MR) is 550 cm³/mol. The molecule has 0 heterocycles. The predicted octanol–water partition coefficient (Wildman–Crippen LogP) is 29.8. The summed E-state index contributed by atoms with van der Waals surface area (Å²) in [5.74, 6) is 5.69. The van der Waals surface area contributed by atoms with Crippen molar-refractivity contribution in [2.45, 2.75) is 221 Å². The number of phenolic OH excluding ortho intramolecular Hbond substituents is 2. The van der Waals surface area contributed by atoms with Gasteiger partial charge in [0.15, 0.2) is 0 Å². The summed E-state index contributed by atoms with van der Waals surface area (Å²) in [6.07, 6.45) is 24.3. The first-order valence-electron chi connectivity index (χ1n) is 50.2. The third-order valence-corrected chi connectivity index (χ3v) is 34.5. The largest absolute Gasteiger partial charge is 0.508 e. The Balaban J connectivity index is 0.000000134. The van der Waals surface area contributed by atoms with E-state index in [1.807, 2.05) is 109 Å². The van der Waals surface area contributed by atoms with Gasteiger partial charge in [0.05, 0.1) is 61.2 Å². The van der Waals surface area contributed by atoms with E-state index in [-0.39, 0.29) is 110 Å². The van der Waals surface area contributed by atoms with Gasteiger partial charge in [0.1, 0.15) is 70.9 Å². The van der Waals surface area contributed by atoms with Crippen LogP contribution in [0.3, 0.4) is 0 Å². The van der Waals surface area contributed by atoms with Crippen LogP contribution < -0.4 is 23.7 Å². The number of fused-ring (bicyclic) bond motifs is 6. The van der Waals surface area contributed by atoms with Crippen molar-refractivity contribution in [3.63, 3.8) is 0 Å². The van der Waals surface area contributed by atoms with Crippen LogP contribution in [0.15, 0.2) is 224 Å². The molecule has 0 amide bonds. The molecular weight excluding hydrogens is 1800 g/mol. The lowest BCUT2D eigenvalue weighted by Crippen LogP contribution is -2.29. The van der Waals surface area contributed by atoms with Crippen molar-refractivity contribution in [2.24, 2.45) is 73.9 Å². The summed E-state index contributed by atoms with van der Waals surface area (Å²) in [4.78, 5) is 45.6. The maximum absolute atomic E-state index is 15.3. The van der Waals surface area contributed by atoms with Crippen LogP contribution >= 0.6 is 11.6 Å². The molecule has 10 aliphatic rings. The van der Waals surface area contributed by atoms with E-state index in [4.69, 9.17) is 44.8 Å². The number of benzene rings is 10. The van der Waals surface area contributed by atoms with E-state index < -0.39 is 11.9 Å². The third kappa shape index (κ3) is 21.8. The Morgan fingerprint density at radius 1 is 0.333 bits per heavy atom. The average Bonchev–Trinajstić information content (AvgIpc) is 1.55. The molecule has 10 aliphatic carbocycles. The van der Waals surface area contributed by atoms with Crippen LogP contribution in [0.1, 0.15) is 257 Å². The number of ether oxygens (including phenoxy) is 7. The summed E-state index contributed by atoms with van der Waals surface area (Å²) in [6.45, 7) is 22.0. The van der Waals surface area contributed by atoms with Gasteiger partial charge in [-0.05, 0) is 398 Å². The highest BCUT2D eigenvalue weighted by Gasteiger charge is 2.60. The summed E-state index contributed by atoms with van der Waals surface area (Å²) in [7, 11) is 7.63. The second-order valence-corrected chi connectivity index (χ2v) is 43.4. The van der Waals surface area contributed by atoms with Crippen LogP contribution in [0.25, 0.3) is 50.1 Å². The number of methoxy groups -OCH3 is 5. The molecule has 141 heavy (non-hydrogen) atoms. The monoisotopic (exact) mass is 1930 g/mol. The fraction of sp³-hybridized carbons (Fsp3) is 0.426. The minimum Gasteiger partial charge on any atom is -0.508 e. The van der Waals surface area contributed by atoms with Gasteiger partial charge in [-0.25, -0.2) is 13.2 Å². The molecule has 10 aromatic rings. The quantitative estimate of drug-likeness (QED) is 0.0228. The van der Waals surface area contributed by atoms with Gasteiger partial charge in [-0.3, -0.25) is 19.2 Å². The molecule has 7 saturated carbocycles. The smallest absolute Gasteiger partial charge is 0.306 e. The molecule has 10 aromatic carbocycles. The van der Waals surface area contributed by atoms with Crippen LogP contribution in [-0.2, 0) is 47.7 Å². The molecule has 0 aliphatic heterocycles. The van der Waals surface area contributed by atoms with E-state index in [9.17, 15) is 44.0 Å². The second-order valence-electron chi connectivity index (χ2n) is 43.1. The van der Waals surface area contributed by atoms with E-state index in [0.29, 0.717) is 107 Å². The summed E-state index contributed by atoms with van der Waals surface area (Å²) in [5, 5.41) is 37.7. The topological polar surface area (TPSA) is 214 Å². The Morgan fingerprint density at radius 3 is 0.887 bits per heavy atom. The highest BCUT2D eigenvalue weighted by Crippen LogP contribution is 2.71. The SMILES string of the molecule is COC(=O)C[C@@H](c1cccc(O)c1)C1CC1.COC(=O)C[C@H](c1cccc(O)c1)C1CC1.COc1ccc(F)c(-c2ccc(CCl)cc2C2=C[C@H]3CC[C@]2(C)C3(C)C)c1.COc1ccc(F)c(-c2ccc(COc3cccc([C@@H](CC(=O)O)C4CC4)c3)cc2C2=C[C@H]3CC[C@]2(C)C3(C)C)c1.COc1ccc(F)c(-c2ccc(COc3cccc([C@H](CC(=O)O)C4CC4)c3)cc2C2=C[C@H]3CC[C@]2(C)C3(C)C)c1. The number of hydrogen-bond acceptors (Lipinski definition) is 13.